The van der Waals surface area contributed by atoms with Gasteiger partial charge in [0.25, 0.3) is 0 Å². The lowest BCUT2D eigenvalue weighted by Crippen LogP contribution is -2.19. The molecule has 2 rings (SSSR count). The van der Waals surface area contributed by atoms with Crippen LogP contribution in [0.1, 0.15) is 12.5 Å². The van der Waals surface area contributed by atoms with Crippen LogP contribution in [-0.2, 0) is 6.42 Å². The van der Waals surface area contributed by atoms with E-state index in [1.54, 1.807) is 6.20 Å². The van der Waals surface area contributed by atoms with Crippen LogP contribution in [0.25, 0.3) is 0 Å². The van der Waals surface area contributed by atoms with E-state index in [1.165, 1.54) is 5.56 Å². The fourth-order valence-electron chi connectivity index (χ4n) is 1.77. The molecule has 0 radical (unpaired) electrons. The molecule has 0 aliphatic heterocycles. The minimum atomic E-state index is 0.276. The second kappa shape index (κ2) is 6.21. The highest BCUT2D eigenvalue weighted by Crippen LogP contribution is 2.23. The van der Waals surface area contributed by atoms with Gasteiger partial charge in [-0.3, -0.25) is 0 Å². The fraction of sp³-hybridized carbons (Fsp3) is 0.214. The lowest BCUT2D eigenvalue weighted by Gasteiger charge is -2.15. The van der Waals surface area contributed by atoms with Crippen molar-refractivity contribution in [3.05, 3.63) is 57.7 Å². The Bertz CT molecular complexity index is 516. The van der Waals surface area contributed by atoms with Crippen LogP contribution in [0.3, 0.4) is 0 Å². The number of hydrogen-bond acceptors (Lipinski definition) is 2. The average molecular weight is 326 g/mol. The van der Waals surface area contributed by atoms with Crippen molar-refractivity contribution in [1.29, 1.82) is 0 Å². The van der Waals surface area contributed by atoms with E-state index in [1.807, 2.05) is 24.3 Å². The van der Waals surface area contributed by atoms with E-state index in [4.69, 9.17) is 11.6 Å². The molecule has 2 nitrogen and oxygen atoms in total. The van der Waals surface area contributed by atoms with Crippen LogP contribution in [0.5, 0.6) is 0 Å². The SMILES string of the molecule is CC(Cc1ccccc1)Nc1ncc(Br)cc1Cl. The van der Waals surface area contributed by atoms with Crippen molar-refractivity contribution in [2.24, 2.45) is 0 Å². The summed E-state index contributed by atoms with van der Waals surface area (Å²) >= 11 is 9.46. The highest BCUT2D eigenvalue weighted by Gasteiger charge is 2.07. The summed E-state index contributed by atoms with van der Waals surface area (Å²) in [4.78, 5) is 4.27. The number of rotatable bonds is 4. The number of hydrogen-bond donors (Lipinski definition) is 1. The van der Waals surface area contributed by atoms with Gasteiger partial charge < -0.3 is 5.32 Å². The molecule has 0 aliphatic rings. The molecule has 18 heavy (non-hydrogen) atoms. The summed E-state index contributed by atoms with van der Waals surface area (Å²) in [6, 6.07) is 12.5. The van der Waals surface area contributed by atoms with Crippen molar-refractivity contribution >= 4 is 33.3 Å². The lowest BCUT2D eigenvalue weighted by atomic mass is 10.1. The number of nitrogens with one attached hydrogen (secondary N) is 1. The predicted molar refractivity (Wildman–Crippen MR) is 80.2 cm³/mol. The number of nitrogens with zero attached hydrogens (tertiary/aromatic N) is 1. The number of pyridine rings is 1. The van der Waals surface area contributed by atoms with E-state index in [0.29, 0.717) is 5.02 Å². The van der Waals surface area contributed by atoms with Gasteiger partial charge in [-0.1, -0.05) is 41.9 Å². The molecule has 4 heteroatoms. The monoisotopic (exact) mass is 324 g/mol. The topological polar surface area (TPSA) is 24.9 Å². The van der Waals surface area contributed by atoms with E-state index in [0.717, 1.165) is 16.7 Å². The molecule has 1 aromatic carbocycles. The Morgan fingerprint density at radius 2 is 2.06 bits per heavy atom. The zero-order valence-electron chi connectivity index (χ0n) is 10.0. The number of halogens is 2. The normalized spacial score (nSPS) is 12.2. The van der Waals surface area contributed by atoms with Crippen molar-refractivity contribution in [2.45, 2.75) is 19.4 Å². The van der Waals surface area contributed by atoms with Crippen LogP contribution >= 0.6 is 27.5 Å². The van der Waals surface area contributed by atoms with Gasteiger partial charge in [-0.25, -0.2) is 4.98 Å². The summed E-state index contributed by atoms with van der Waals surface area (Å²) in [6.07, 6.45) is 2.68. The average Bonchev–Trinajstić information content (AvgIpc) is 2.34. The quantitative estimate of drug-likeness (QED) is 0.892. The minimum absolute atomic E-state index is 0.276. The van der Waals surface area contributed by atoms with Crippen LogP contribution in [0.4, 0.5) is 5.82 Å². The van der Waals surface area contributed by atoms with Gasteiger partial charge in [-0.05, 0) is 40.9 Å². The van der Waals surface area contributed by atoms with Gasteiger partial charge in [0.2, 0.25) is 0 Å². The number of benzene rings is 1. The largest absolute Gasteiger partial charge is 0.366 e. The summed E-state index contributed by atoms with van der Waals surface area (Å²) in [6.45, 7) is 2.12. The first-order valence-electron chi connectivity index (χ1n) is 5.76. The zero-order chi connectivity index (χ0) is 13.0. The zero-order valence-corrected chi connectivity index (χ0v) is 12.4. The van der Waals surface area contributed by atoms with Crippen LogP contribution < -0.4 is 5.32 Å². The third-order valence-electron chi connectivity index (χ3n) is 2.58. The Kier molecular flexibility index (Phi) is 4.61. The van der Waals surface area contributed by atoms with E-state index in [9.17, 15) is 0 Å². The summed E-state index contributed by atoms with van der Waals surface area (Å²) in [5, 5.41) is 3.95. The second-order valence-corrected chi connectivity index (χ2v) is 5.54. The van der Waals surface area contributed by atoms with Crippen molar-refractivity contribution < 1.29 is 0 Å². The number of anilines is 1. The van der Waals surface area contributed by atoms with Gasteiger partial charge >= 0.3 is 0 Å². The van der Waals surface area contributed by atoms with Crippen molar-refractivity contribution in [2.75, 3.05) is 5.32 Å². The van der Waals surface area contributed by atoms with E-state index < -0.39 is 0 Å². The summed E-state index contributed by atoms with van der Waals surface area (Å²) in [5.74, 6) is 0.725. The highest BCUT2D eigenvalue weighted by atomic mass is 79.9. The Labute approximate surface area is 121 Å². The molecule has 2 aromatic rings. The van der Waals surface area contributed by atoms with Crippen LogP contribution in [0, 0.1) is 0 Å². The predicted octanol–water partition coefficient (Wildman–Crippen LogP) is 4.54. The first kappa shape index (κ1) is 13.4. The van der Waals surface area contributed by atoms with Gasteiger partial charge in [-0.2, -0.15) is 0 Å². The molecule has 0 spiro atoms. The smallest absolute Gasteiger partial charge is 0.145 e. The number of aromatic nitrogens is 1. The van der Waals surface area contributed by atoms with Crippen molar-refractivity contribution in [3.8, 4) is 0 Å². The van der Waals surface area contributed by atoms with Gasteiger partial charge in [0, 0.05) is 16.7 Å². The van der Waals surface area contributed by atoms with Crippen LogP contribution in [0.15, 0.2) is 47.1 Å². The van der Waals surface area contributed by atoms with E-state index >= 15 is 0 Å². The standard InChI is InChI=1S/C14H14BrClN2/c1-10(7-11-5-3-2-4-6-11)18-14-13(16)8-12(15)9-17-14/h2-6,8-10H,7H2,1H3,(H,17,18). The molecule has 1 atom stereocenters. The van der Waals surface area contributed by atoms with Crippen LogP contribution in [-0.4, -0.2) is 11.0 Å². The molecule has 94 valence electrons. The molecule has 0 aliphatic carbocycles. The molecule has 1 heterocycles. The fourth-order valence-corrected chi connectivity index (χ4v) is 2.46. The second-order valence-electron chi connectivity index (χ2n) is 4.22. The maximum Gasteiger partial charge on any atom is 0.145 e. The lowest BCUT2D eigenvalue weighted by molar-refractivity contribution is 0.784. The molecule has 0 bridgehead atoms. The molecule has 0 saturated carbocycles. The molecule has 1 N–H and O–H groups in total. The minimum Gasteiger partial charge on any atom is -0.366 e. The Balaban J connectivity index is 2.01. The maximum atomic E-state index is 6.12. The first-order chi connectivity index (χ1) is 8.65. The third kappa shape index (κ3) is 3.72. The molecular formula is C14H14BrClN2. The molecule has 0 fully saturated rings. The maximum absolute atomic E-state index is 6.12. The van der Waals surface area contributed by atoms with E-state index in [-0.39, 0.29) is 6.04 Å². The summed E-state index contributed by atoms with van der Waals surface area (Å²) in [5.41, 5.74) is 1.30. The van der Waals surface area contributed by atoms with Crippen molar-refractivity contribution in [3.63, 3.8) is 0 Å². The molecule has 0 amide bonds. The molecule has 1 aromatic heterocycles. The van der Waals surface area contributed by atoms with Crippen molar-refractivity contribution in [1.82, 2.24) is 4.98 Å². The third-order valence-corrected chi connectivity index (χ3v) is 3.30. The van der Waals surface area contributed by atoms with Gasteiger partial charge in [0.05, 0.1) is 5.02 Å². The molecule has 0 saturated heterocycles. The summed E-state index contributed by atoms with van der Waals surface area (Å²) in [7, 11) is 0. The Morgan fingerprint density at radius 3 is 2.72 bits per heavy atom. The van der Waals surface area contributed by atoms with Gasteiger partial charge in [0.15, 0.2) is 0 Å². The van der Waals surface area contributed by atoms with Gasteiger partial charge in [-0.15, -0.1) is 0 Å². The van der Waals surface area contributed by atoms with E-state index in [2.05, 4.69) is 45.3 Å². The molecular weight excluding hydrogens is 312 g/mol. The Morgan fingerprint density at radius 1 is 1.33 bits per heavy atom. The first-order valence-corrected chi connectivity index (χ1v) is 6.94. The Hall–Kier alpha value is -1.06. The van der Waals surface area contributed by atoms with Gasteiger partial charge in [0.1, 0.15) is 5.82 Å². The molecule has 1 unspecified atom stereocenters. The van der Waals surface area contributed by atoms with Crippen LogP contribution in [0.2, 0.25) is 5.02 Å². The highest BCUT2D eigenvalue weighted by molar-refractivity contribution is 9.10. The summed E-state index contributed by atoms with van der Waals surface area (Å²) < 4.78 is 0.883.